The van der Waals surface area contributed by atoms with Gasteiger partial charge < -0.3 is 4.90 Å². The molecule has 1 aliphatic heterocycles. The highest BCUT2D eigenvalue weighted by molar-refractivity contribution is 9.10. The first kappa shape index (κ1) is 13.5. The molecule has 0 aromatic heterocycles. The molecule has 0 unspecified atom stereocenters. The molecule has 19 heavy (non-hydrogen) atoms. The number of hydrogen-bond donors (Lipinski definition) is 0. The Morgan fingerprint density at radius 1 is 1.26 bits per heavy atom. The largest absolute Gasteiger partial charge is 0.342 e. The van der Waals surface area contributed by atoms with E-state index < -0.39 is 0 Å². The second kappa shape index (κ2) is 5.88. The van der Waals surface area contributed by atoms with E-state index in [4.69, 9.17) is 0 Å². The molecule has 1 aliphatic carbocycles. The predicted octanol–water partition coefficient (Wildman–Crippen LogP) is 3.52. The Morgan fingerprint density at radius 3 is 2.95 bits per heavy atom. The van der Waals surface area contributed by atoms with Gasteiger partial charge in [-0.2, -0.15) is 11.8 Å². The summed E-state index contributed by atoms with van der Waals surface area (Å²) in [6.45, 7) is 1.88. The van der Waals surface area contributed by atoms with E-state index in [0.29, 0.717) is 11.8 Å². The molecule has 4 heteroatoms. The number of halogens is 1. The second-order valence-electron chi connectivity index (χ2n) is 5.26. The molecule has 1 aromatic rings. The van der Waals surface area contributed by atoms with Crippen molar-refractivity contribution in [1.29, 1.82) is 0 Å². The van der Waals surface area contributed by atoms with Crippen molar-refractivity contribution >= 4 is 33.6 Å². The topological polar surface area (TPSA) is 20.3 Å². The lowest BCUT2D eigenvalue weighted by atomic mass is 10.1. The fourth-order valence-electron chi connectivity index (χ4n) is 2.79. The highest BCUT2D eigenvalue weighted by Crippen LogP contribution is 2.50. The van der Waals surface area contributed by atoms with Crippen LogP contribution in [-0.4, -0.2) is 35.4 Å². The van der Waals surface area contributed by atoms with Crippen molar-refractivity contribution < 1.29 is 4.79 Å². The van der Waals surface area contributed by atoms with E-state index >= 15 is 0 Å². The number of hydrogen-bond acceptors (Lipinski definition) is 2. The van der Waals surface area contributed by atoms with Gasteiger partial charge in [0.15, 0.2) is 0 Å². The molecule has 2 nitrogen and oxygen atoms in total. The number of rotatable bonds is 2. The highest BCUT2D eigenvalue weighted by Gasteiger charge is 2.46. The van der Waals surface area contributed by atoms with Crippen molar-refractivity contribution in [1.82, 2.24) is 4.90 Å². The molecule has 1 amide bonds. The Labute approximate surface area is 127 Å². The molecule has 0 bridgehead atoms. The van der Waals surface area contributed by atoms with Gasteiger partial charge in [0.05, 0.1) is 0 Å². The number of amides is 1. The summed E-state index contributed by atoms with van der Waals surface area (Å²) in [5, 5.41) is 0. The molecule has 1 aromatic carbocycles. The lowest BCUT2D eigenvalue weighted by molar-refractivity contribution is -0.132. The SMILES string of the molecule is O=C([C@H]1C[C@H]1c1ccccc1Br)N1CCCSCC1. The van der Waals surface area contributed by atoms with Crippen LogP contribution in [0.1, 0.15) is 24.3 Å². The van der Waals surface area contributed by atoms with E-state index in [1.165, 1.54) is 11.3 Å². The Balaban J connectivity index is 1.66. The van der Waals surface area contributed by atoms with Gasteiger partial charge in [-0.25, -0.2) is 0 Å². The Morgan fingerprint density at radius 2 is 2.11 bits per heavy atom. The molecule has 0 radical (unpaired) electrons. The zero-order valence-electron chi connectivity index (χ0n) is 10.8. The van der Waals surface area contributed by atoms with Gasteiger partial charge in [0.1, 0.15) is 0 Å². The lowest BCUT2D eigenvalue weighted by Gasteiger charge is -2.20. The minimum Gasteiger partial charge on any atom is -0.342 e. The normalized spacial score (nSPS) is 26.9. The number of benzene rings is 1. The third-order valence-electron chi connectivity index (χ3n) is 3.95. The number of thioether (sulfide) groups is 1. The van der Waals surface area contributed by atoms with E-state index in [-0.39, 0.29) is 5.92 Å². The van der Waals surface area contributed by atoms with E-state index in [0.717, 1.165) is 36.2 Å². The van der Waals surface area contributed by atoms with Crippen molar-refractivity contribution in [3.8, 4) is 0 Å². The summed E-state index contributed by atoms with van der Waals surface area (Å²) in [5.74, 6) is 3.32. The van der Waals surface area contributed by atoms with E-state index in [1.807, 2.05) is 17.8 Å². The number of carbonyl (C=O) groups is 1. The summed E-state index contributed by atoms with van der Waals surface area (Å²) in [5.41, 5.74) is 1.30. The zero-order valence-corrected chi connectivity index (χ0v) is 13.3. The highest BCUT2D eigenvalue weighted by atomic mass is 79.9. The van der Waals surface area contributed by atoms with Crippen molar-refractivity contribution in [2.75, 3.05) is 24.6 Å². The van der Waals surface area contributed by atoms with Crippen LogP contribution in [0.2, 0.25) is 0 Å². The molecule has 2 atom stereocenters. The molecule has 1 saturated carbocycles. The van der Waals surface area contributed by atoms with Crippen LogP contribution in [0, 0.1) is 5.92 Å². The Hall–Kier alpha value is -0.480. The molecular formula is C15H18BrNOS. The van der Waals surface area contributed by atoms with Gasteiger partial charge in [-0.3, -0.25) is 4.79 Å². The summed E-state index contributed by atoms with van der Waals surface area (Å²) >= 11 is 5.56. The van der Waals surface area contributed by atoms with Gasteiger partial charge in [-0.1, -0.05) is 34.1 Å². The average Bonchev–Trinajstić information content (AvgIpc) is 3.22. The molecular weight excluding hydrogens is 322 g/mol. The van der Waals surface area contributed by atoms with Crippen molar-refractivity contribution in [2.45, 2.75) is 18.8 Å². The summed E-state index contributed by atoms with van der Waals surface area (Å²) in [7, 11) is 0. The van der Waals surface area contributed by atoms with Gasteiger partial charge in [0, 0.05) is 29.2 Å². The number of carbonyl (C=O) groups excluding carboxylic acids is 1. The monoisotopic (exact) mass is 339 g/mol. The third-order valence-corrected chi connectivity index (χ3v) is 5.72. The van der Waals surface area contributed by atoms with Crippen LogP contribution in [0.4, 0.5) is 0 Å². The van der Waals surface area contributed by atoms with Crippen LogP contribution in [0.15, 0.2) is 28.7 Å². The predicted molar refractivity (Wildman–Crippen MR) is 83.5 cm³/mol. The van der Waals surface area contributed by atoms with Crippen LogP contribution in [-0.2, 0) is 4.79 Å². The van der Waals surface area contributed by atoms with Crippen molar-refractivity contribution in [3.05, 3.63) is 34.3 Å². The summed E-state index contributed by atoms with van der Waals surface area (Å²) in [6, 6.07) is 8.29. The minimum atomic E-state index is 0.224. The van der Waals surface area contributed by atoms with E-state index in [2.05, 4.69) is 39.0 Å². The molecule has 1 heterocycles. The van der Waals surface area contributed by atoms with Gasteiger partial charge in [-0.15, -0.1) is 0 Å². The lowest BCUT2D eigenvalue weighted by Crippen LogP contribution is -2.34. The Bertz CT molecular complexity index is 471. The molecule has 102 valence electrons. The van der Waals surface area contributed by atoms with Crippen LogP contribution in [0.3, 0.4) is 0 Å². The third kappa shape index (κ3) is 3.00. The van der Waals surface area contributed by atoms with Crippen LogP contribution in [0.5, 0.6) is 0 Å². The van der Waals surface area contributed by atoms with Crippen LogP contribution in [0.25, 0.3) is 0 Å². The van der Waals surface area contributed by atoms with Crippen LogP contribution < -0.4 is 0 Å². The van der Waals surface area contributed by atoms with Crippen molar-refractivity contribution in [3.63, 3.8) is 0 Å². The van der Waals surface area contributed by atoms with Gasteiger partial charge in [0.2, 0.25) is 5.91 Å². The summed E-state index contributed by atoms with van der Waals surface area (Å²) < 4.78 is 1.14. The molecule has 2 aliphatic rings. The molecule has 2 fully saturated rings. The van der Waals surface area contributed by atoms with Gasteiger partial charge >= 0.3 is 0 Å². The summed E-state index contributed by atoms with van der Waals surface area (Å²) in [4.78, 5) is 14.6. The quantitative estimate of drug-likeness (QED) is 0.821. The fourth-order valence-corrected chi connectivity index (χ4v) is 4.25. The second-order valence-corrected chi connectivity index (χ2v) is 7.34. The van der Waals surface area contributed by atoms with Gasteiger partial charge in [0.25, 0.3) is 0 Å². The van der Waals surface area contributed by atoms with E-state index in [9.17, 15) is 4.79 Å². The van der Waals surface area contributed by atoms with E-state index in [1.54, 1.807) is 0 Å². The van der Waals surface area contributed by atoms with Crippen LogP contribution >= 0.6 is 27.7 Å². The molecule has 1 saturated heterocycles. The molecule has 0 N–H and O–H groups in total. The molecule has 0 spiro atoms. The smallest absolute Gasteiger partial charge is 0.226 e. The Kier molecular flexibility index (Phi) is 4.18. The maximum atomic E-state index is 12.5. The molecule has 3 rings (SSSR count). The zero-order chi connectivity index (χ0) is 13.2. The standard InChI is InChI=1S/C15H18BrNOS/c16-14-5-2-1-4-11(14)12-10-13(12)15(18)17-6-3-8-19-9-7-17/h1-2,4-5,12-13H,3,6-10H2/t12-,13-/m0/s1. The minimum absolute atomic E-state index is 0.224. The van der Waals surface area contributed by atoms with Crippen molar-refractivity contribution in [2.24, 2.45) is 5.92 Å². The summed E-state index contributed by atoms with van der Waals surface area (Å²) in [6.07, 6.45) is 2.16. The first-order chi connectivity index (χ1) is 9.27. The van der Waals surface area contributed by atoms with Gasteiger partial charge in [-0.05, 0) is 36.1 Å². The maximum Gasteiger partial charge on any atom is 0.226 e. The first-order valence-electron chi connectivity index (χ1n) is 6.88. The maximum absolute atomic E-state index is 12.5. The average molecular weight is 340 g/mol. The first-order valence-corrected chi connectivity index (χ1v) is 8.83. The fraction of sp³-hybridized carbons (Fsp3) is 0.533. The number of nitrogens with zero attached hydrogens (tertiary/aromatic N) is 1.